The van der Waals surface area contributed by atoms with Crippen LogP contribution in [-0.2, 0) is 53.8 Å². The predicted octanol–water partition coefficient (Wildman–Crippen LogP) is 12.0. The zero-order chi connectivity index (χ0) is 39.7. The maximum atomic E-state index is 12.1. The normalized spacial score (nSPS) is 14.2. The maximum Gasteiger partial charge on any atom is 0.122 e. The molecule has 0 aliphatic carbocycles. The summed E-state index contributed by atoms with van der Waals surface area (Å²) < 4.78 is 0. The van der Waals surface area contributed by atoms with E-state index in [1.807, 2.05) is 0 Å². The highest BCUT2D eigenvalue weighted by Crippen LogP contribution is 2.42. The fraction of sp³-hybridized carbons (Fsp3) is 0.429. The number of benzene rings is 4. The summed E-state index contributed by atoms with van der Waals surface area (Å²) in [6, 6.07) is 21.1. The van der Waals surface area contributed by atoms with Crippen molar-refractivity contribution in [2.45, 2.75) is 137 Å². The third-order valence-corrected chi connectivity index (χ3v) is 12.2. The Kier molecular flexibility index (Phi) is 10.1. The molecule has 0 radical (unpaired) electrons. The molecule has 5 heteroatoms. The molecule has 1 aliphatic rings. The van der Waals surface area contributed by atoms with Crippen LogP contribution < -0.4 is 0 Å². The van der Waals surface area contributed by atoms with Crippen LogP contribution in [0, 0.1) is 0 Å². The molecule has 4 nitrogen and oxygen atoms in total. The summed E-state index contributed by atoms with van der Waals surface area (Å²) in [6.07, 6.45) is 2.21. The minimum atomic E-state index is -0.212. The summed E-state index contributed by atoms with van der Waals surface area (Å²) in [6.45, 7) is 26.2. The molecule has 0 atom stereocenters. The average Bonchev–Trinajstić information content (AvgIpc) is 3.48. The molecule has 10 bridgehead atoms. The van der Waals surface area contributed by atoms with Crippen LogP contribution in [0.2, 0.25) is 0 Å². The molecule has 0 saturated heterocycles. The molecule has 1 aliphatic heterocycles. The lowest BCUT2D eigenvalue weighted by atomic mass is 9.80. The maximum absolute atomic E-state index is 12.1. The fourth-order valence-corrected chi connectivity index (χ4v) is 8.52. The minimum absolute atomic E-state index is 0.160. The third-order valence-electron chi connectivity index (χ3n) is 11.1. The van der Waals surface area contributed by atoms with E-state index in [2.05, 4.69) is 144 Å². The molecule has 1 aromatic heterocycles. The highest BCUT2D eigenvalue weighted by atomic mass is 32.1. The number of thiophene rings is 1. The van der Waals surface area contributed by atoms with E-state index in [0.717, 1.165) is 76.5 Å². The van der Waals surface area contributed by atoms with E-state index in [-0.39, 0.29) is 44.7 Å². The molecule has 0 spiro atoms. The van der Waals surface area contributed by atoms with Crippen LogP contribution in [0.25, 0.3) is 0 Å². The minimum Gasteiger partial charge on any atom is -0.507 e. The van der Waals surface area contributed by atoms with Crippen LogP contribution in [0.15, 0.2) is 60.7 Å². The van der Waals surface area contributed by atoms with Crippen molar-refractivity contribution in [3.05, 3.63) is 137 Å². The quantitative estimate of drug-likeness (QED) is 0.125. The summed E-state index contributed by atoms with van der Waals surface area (Å²) in [4.78, 5) is 2.27. The smallest absolute Gasteiger partial charge is 0.122 e. The van der Waals surface area contributed by atoms with Gasteiger partial charge in [0.1, 0.15) is 23.0 Å². The first-order valence-electron chi connectivity index (χ1n) is 19.4. The van der Waals surface area contributed by atoms with Crippen LogP contribution in [0.5, 0.6) is 23.0 Å². The summed E-state index contributed by atoms with van der Waals surface area (Å²) in [5, 5.41) is 48.1. The van der Waals surface area contributed by atoms with Crippen molar-refractivity contribution in [1.29, 1.82) is 0 Å². The molecule has 286 valence electrons. The van der Waals surface area contributed by atoms with E-state index >= 15 is 0 Å². The summed E-state index contributed by atoms with van der Waals surface area (Å²) >= 11 is 1.71. The van der Waals surface area contributed by atoms with Crippen LogP contribution in [-0.4, -0.2) is 20.4 Å². The van der Waals surface area contributed by atoms with Gasteiger partial charge in [-0.25, -0.2) is 0 Å². The number of fused-ring (bicyclic) bond motifs is 10. The Balaban J connectivity index is 1.66. The SMILES string of the molecule is CC(C)(C)c1cc2c(O)c(c1)Cc1cc(C(C)(C)C)cc(c1O)Cc1cc(C(C)(C)C)cc(c1O)Cc1cc(C(C)(C)C)cc(c1O)Cc1ccc(s1)C2. The molecule has 54 heavy (non-hydrogen) atoms. The van der Waals surface area contributed by atoms with Crippen molar-refractivity contribution < 1.29 is 20.4 Å². The Morgan fingerprint density at radius 2 is 0.519 bits per heavy atom. The van der Waals surface area contributed by atoms with Gasteiger partial charge in [-0.3, -0.25) is 0 Å². The number of hydrogen-bond donors (Lipinski definition) is 4. The van der Waals surface area contributed by atoms with Crippen molar-refractivity contribution in [2.75, 3.05) is 0 Å². The van der Waals surface area contributed by atoms with Crippen molar-refractivity contribution in [1.82, 2.24) is 0 Å². The molecule has 4 N–H and O–H groups in total. The molecule has 0 fully saturated rings. The van der Waals surface area contributed by atoms with Gasteiger partial charge in [0.15, 0.2) is 0 Å². The van der Waals surface area contributed by atoms with Gasteiger partial charge in [0.25, 0.3) is 0 Å². The number of phenols is 4. The van der Waals surface area contributed by atoms with Gasteiger partial charge in [-0.05, 0) is 101 Å². The van der Waals surface area contributed by atoms with Gasteiger partial charge in [0.2, 0.25) is 0 Å². The first-order valence-corrected chi connectivity index (χ1v) is 20.2. The highest BCUT2D eigenvalue weighted by Gasteiger charge is 2.27. The van der Waals surface area contributed by atoms with Crippen molar-refractivity contribution in [3.8, 4) is 23.0 Å². The summed E-state index contributed by atoms with van der Waals surface area (Å²) in [5.74, 6) is 0.888. The van der Waals surface area contributed by atoms with Crippen LogP contribution in [0.4, 0.5) is 0 Å². The van der Waals surface area contributed by atoms with Crippen LogP contribution in [0.1, 0.15) is 160 Å². The molecule has 5 aromatic rings. The molecular formula is C49H60O4S. The third kappa shape index (κ3) is 8.22. The van der Waals surface area contributed by atoms with Crippen LogP contribution in [0.3, 0.4) is 0 Å². The molecule has 0 amide bonds. The topological polar surface area (TPSA) is 80.9 Å². The monoisotopic (exact) mass is 744 g/mol. The zero-order valence-electron chi connectivity index (χ0n) is 34.5. The Morgan fingerprint density at radius 3 is 0.704 bits per heavy atom. The standard InChI is InChI=1S/C49H60O4S/c1-46(2,3)36-18-28-15-29-19-37(47(4,5)6)21-31(43(29)51)17-33-23-39(49(10,11)12)25-35(45(33)53)27-41-14-13-40(54-41)26-34-24-38(48(7,8)9)22-32(44(34)52)16-30(20-36)42(28)50/h13-14,18-25,50-53H,15-17,26-27H2,1-12H3. The lowest BCUT2D eigenvalue weighted by molar-refractivity contribution is 0.451. The van der Waals surface area contributed by atoms with Gasteiger partial charge in [-0.2, -0.15) is 0 Å². The second-order valence-electron chi connectivity index (χ2n) is 19.8. The predicted molar refractivity (Wildman–Crippen MR) is 226 cm³/mol. The largest absolute Gasteiger partial charge is 0.507 e. The van der Waals surface area contributed by atoms with Gasteiger partial charge < -0.3 is 20.4 Å². The van der Waals surface area contributed by atoms with Crippen molar-refractivity contribution >= 4 is 11.3 Å². The summed E-state index contributed by atoms with van der Waals surface area (Å²) in [5.41, 5.74) is 9.93. The van der Waals surface area contributed by atoms with Gasteiger partial charge >= 0.3 is 0 Å². The van der Waals surface area contributed by atoms with E-state index in [9.17, 15) is 20.4 Å². The number of phenolic OH excluding ortho intramolecular Hbond substituents is 4. The number of hydrogen-bond acceptors (Lipinski definition) is 5. The average molecular weight is 745 g/mol. The summed E-state index contributed by atoms with van der Waals surface area (Å²) in [7, 11) is 0. The van der Waals surface area contributed by atoms with E-state index in [1.54, 1.807) is 11.3 Å². The van der Waals surface area contributed by atoms with Gasteiger partial charge in [0, 0.05) is 41.9 Å². The lowest BCUT2D eigenvalue weighted by Crippen LogP contribution is -2.15. The number of aromatic hydroxyl groups is 4. The van der Waals surface area contributed by atoms with E-state index in [0.29, 0.717) is 32.1 Å². The lowest BCUT2D eigenvalue weighted by Gasteiger charge is -2.26. The zero-order valence-corrected chi connectivity index (χ0v) is 35.3. The van der Waals surface area contributed by atoms with Gasteiger partial charge in [-0.15, -0.1) is 11.3 Å². The molecule has 4 aromatic carbocycles. The molecule has 0 saturated carbocycles. The highest BCUT2D eigenvalue weighted by molar-refractivity contribution is 7.12. The Labute approximate surface area is 327 Å². The van der Waals surface area contributed by atoms with E-state index in [4.69, 9.17) is 0 Å². The Morgan fingerprint density at radius 1 is 0.333 bits per heavy atom. The Bertz CT molecular complexity index is 2070. The molecule has 6 rings (SSSR count). The fourth-order valence-electron chi connectivity index (χ4n) is 7.45. The second-order valence-corrected chi connectivity index (χ2v) is 21.1. The molecular weight excluding hydrogens is 685 g/mol. The molecule has 2 heterocycles. The van der Waals surface area contributed by atoms with Crippen molar-refractivity contribution in [3.63, 3.8) is 0 Å². The van der Waals surface area contributed by atoms with Crippen molar-refractivity contribution in [2.24, 2.45) is 0 Å². The second kappa shape index (κ2) is 13.8. The van der Waals surface area contributed by atoms with E-state index in [1.165, 1.54) is 0 Å². The Hall–Kier alpha value is -4.22. The van der Waals surface area contributed by atoms with Gasteiger partial charge in [-0.1, -0.05) is 132 Å². The number of rotatable bonds is 0. The van der Waals surface area contributed by atoms with E-state index < -0.39 is 0 Å². The van der Waals surface area contributed by atoms with Crippen LogP contribution >= 0.6 is 11.3 Å². The molecule has 0 unspecified atom stereocenters. The first kappa shape index (κ1) is 39.5. The first-order chi connectivity index (χ1) is 24.9. The van der Waals surface area contributed by atoms with Gasteiger partial charge in [0.05, 0.1) is 0 Å².